The summed E-state index contributed by atoms with van der Waals surface area (Å²) >= 11 is 0. The van der Waals surface area contributed by atoms with Crippen molar-refractivity contribution >= 4 is 28.3 Å². The molecule has 4 heterocycles. The third-order valence-electron chi connectivity index (χ3n) is 7.23. The first-order valence-corrected chi connectivity index (χ1v) is 10.7. The normalized spacial score (nSPS) is 26.4. The SMILES string of the molecule is CN1C[C@@H](c2ncc[nH]2)[C@](C#N)(C(=O)c2c[nH]c3ccccc23)[C@]12C(=O)Nc1ccccc12. The van der Waals surface area contributed by atoms with Gasteiger partial charge < -0.3 is 15.3 Å². The Morgan fingerprint density at radius 1 is 1.18 bits per heavy atom. The molecule has 0 aliphatic carbocycles. The van der Waals surface area contributed by atoms with E-state index in [-0.39, 0.29) is 5.91 Å². The number of nitriles is 1. The van der Waals surface area contributed by atoms with Gasteiger partial charge in [-0.05, 0) is 19.2 Å². The average molecular weight is 436 g/mol. The predicted molar refractivity (Wildman–Crippen MR) is 121 cm³/mol. The first-order valence-electron chi connectivity index (χ1n) is 10.7. The Balaban J connectivity index is 1.69. The van der Waals surface area contributed by atoms with Crippen LogP contribution in [0.5, 0.6) is 0 Å². The second-order valence-electron chi connectivity index (χ2n) is 8.61. The Morgan fingerprint density at radius 3 is 2.76 bits per heavy atom. The number of ketones is 1. The first-order chi connectivity index (χ1) is 16.1. The van der Waals surface area contributed by atoms with Gasteiger partial charge in [-0.2, -0.15) is 5.26 Å². The standard InChI is InChI=1S/C25H20N6O2/c1-31-13-18(22-27-10-11-28-22)24(14-26,21(32)16-12-29-19-8-4-2-6-15(16)19)25(31)17-7-3-5-9-20(17)30-23(25)33/h2-12,18,29H,13H2,1H3,(H,27,28)(H,30,33)/t18-,24+,25-/m0/s1. The fraction of sp³-hybridized carbons (Fsp3) is 0.200. The van der Waals surface area contributed by atoms with E-state index >= 15 is 0 Å². The van der Waals surface area contributed by atoms with Crippen molar-refractivity contribution in [3.8, 4) is 6.07 Å². The minimum atomic E-state index is -1.76. The van der Waals surface area contributed by atoms with Gasteiger partial charge in [0.1, 0.15) is 5.82 Å². The number of likely N-dealkylation sites (tertiary alicyclic amines) is 1. The number of aromatic amines is 2. The van der Waals surface area contributed by atoms with Gasteiger partial charge >= 0.3 is 0 Å². The van der Waals surface area contributed by atoms with E-state index in [4.69, 9.17) is 0 Å². The number of anilines is 1. The lowest BCUT2D eigenvalue weighted by Gasteiger charge is -2.40. The Kier molecular flexibility index (Phi) is 3.92. The zero-order chi connectivity index (χ0) is 22.8. The van der Waals surface area contributed by atoms with E-state index in [1.165, 1.54) is 0 Å². The lowest BCUT2D eigenvalue weighted by molar-refractivity contribution is -0.128. The van der Waals surface area contributed by atoms with Crippen molar-refractivity contribution in [1.29, 1.82) is 5.26 Å². The molecule has 1 saturated heterocycles. The molecule has 2 aromatic carbocycles. The third kappa shape index (κ3) is 2.19. The second-order valence-corrected chi connectivity index (χ2v) is 8.61. The van der Waals surface area contributed by atoms with Crippen LogP contribution in [0, 0.1) is 16.7 Å². The predicted octanol–water partition coefficient (Wildman–Crippen LogP) is 3.16. The molecule has 8 nitrogen and oxygen atoms in total. The maximum absolute atomic E-state index is 14.6. The van der Waals surface area contributed by atoms with Crippen molar-refractivity contribution in [2.75, 3.05) is 18.9 Å². The number of likely N-dealkylation sites (N-methyl/N-ethyl adjacent to an activating group) is 1. The number of nitrogens with one attached hydrogen (secondary N) is 3. The molecule has 6 rings (SSSR count). The van der Waals surface area contributed by atoms with Crippen LogP contribution in [0.2, 0.25) is 0 Å². The largest absolute Gasteiger partial charge is 0.360 e. The van der Waals surface area contributed by atoms with Crippen LogP contribution in [0.4, 0.5) is 5.69 Å². The van der Waals surface area contributed by atoms with Crippen molar-refractivity contribution in [2.24, 2.45) is 5.41 Å². The Bertz CT molecular complexity index is 1470. The molecule has 1 fully saturated rings. The van der Waals surface area contributed by atoms with Crippen LogP contribution < -0.4 is 5.32 Å². The number of H-pyrrole nitrogens is 2. The molecule has 0 saturated carbocycles. The number of carbonyl (C=O) groups is 2. The summed E-state index contributed by atoms with van der Waals surface area (Å²) in [5.74, 6) is -0.929. The van der Waals surface area contributed by atoms with Crippen molar-refractivity contribution in [3.63, 3.8) is 0 Å². The number of amides is 1. The molecule has 0 radical (unpaired) electrons. The lowest BCUT2D eigenvalue weighted by atomic mass is 9.59. The third-order valence-corrected chi connectivity index (χ3v) is 7.23. The van der Waals surface area contributed by atoms with Gasteiger partial charge in [-0.15, -0.1) is 0 Å². The highest BCUT2D eigenvalue weighted by Crippen LogP contribution is 2.62. The lowest BCUT2D eigenvalue weighted by Crippen LogP contribution is -2.58. The Morgan fingerprint density at radius 2 is 1.97 bits per heavy atom. The zero-order valence-corrected chi connectivity index (χ0v) is 17.8. The number of Topliss-reactive ketones (excluding diaryl/α,β-unsaturated/α-hetero) is 1. The molecular weight excluding hydrogens is 416 g/mol. The maximum atomic E-state index is 14.6. The number of para-hydroxylation sites is 2. The van der Waals surface area contributed by atoms with E-state index in [2.05, 4.69) is 26.3 Å². The number of aromatic nitrogens is 3. The summed E-state index contributed by atoms with van der Waals surface area (Å²) in [6, 6.07) is 17.1. The molecule has 2 aromatic heterocycles. The summed E-state index contributed by atoms with van der Waals surface area (Å²) in [4.78, 5) is 40.8. The van der Waals surface area contributed by atoms with Gasteiger partial charge in [0.25, 0.3) is 5.91 Å². The molecule has 2 aliphatic rings. The number of hydrogen-bond acceptors (Lipinski definition) is 5. The average Bonchev–Trinajstić information content (AvgIpc) is 3.60. The minimum absolute atomic E-state index is 0.303. The summed E-state index contributed by atoms with van der Waals surface area (Å²) in [6.45, 7) is 0.303. The van der Waals surface area contributed by atoms with Gasteiger partial charge in [-0.3, -0.25) is 14.5 Å². The topological polar surface area (TPSA) is 118 Å². The molecule has 33 heavy (non-hydrogen) atoms. The first kappa shape index (κ1) is 19.5. The number of hydrogen-bond donors (Lipinski definition) is 3. The highest BCUT2D eigenvalue weighted by atomic mass is 16.2. The van der Waals surface area contributed by atoms with Gasteiger partial charge in [0, 0.05) is 52.9 Å². The number of imidazole rings is 1. The summed E-state index contributed by atoms with van der Waals surface area (Å²) in [7, 11) is 1.79. The molecule has 8 heteroatoms. The molecule has 0 unspecified atom stereocenters. The smallest absolute Gasteiger partial charge is 0.251 e. The molecule has 3 atom stereocenters. The molecule has 1 spiro atoms. The van der Waals surface area contributed by atoms with Gasteiger partial charge in [0.2, 0.25) is 0 Å². The van der Waals surface area contributed by atoms with Crippen molar-refractivity contribution in [2.45, 2.75) is 11.5 Å². The van der Waals surface area contributed by atoms with Gasteiger partial charge in [-0.1, -0.05) is 36.4 Å². The van der Waals surface area contributed by atoms with Crippen molar-refractivity contribution in [1.82, 2.24) is 19.9 Å². The highest BCUT2D eigenvalue weighted by molar-refractivity contribution is 6.18. The van der Waals surface area contributed by atoms with Crippen LogP contribution >= 0.6 is 0 Å². The Labute approximate surface area is 189 Å². The van der Waals surface area contributed by atoms with Crippen LogP contribution in [0.25, 0.3) is 10.9 Å². The molecule has 162 valence electrons. The minimum Gasteiger partial charge on any atom is -0.360 e. The van der Waals surface area contributed by atoms with Gasteiger partial charge in [-0.25, -0.2) is 4.98 Å². The summed E-state index contributed by atoms with van der Waals surface area (Å²) in [5, 5.41) is 14.5. The van der Waals surface area contributed by atoms with Crippen molar-refractivity contribution < 1.29 is 9.59 Å². The maximum Gasteiger partial charge on any atom is 0.251 e. The van der Waals surface area contributed by atoms with Crippen LogP contribution in [-0.4, -0.2) is 45.1 Å². The fourth-order valence-corrected chi connectivity index (χ4v) is 5.88. The number of carbonyl (C=O) groups excluding carboxylic acids is 2. The summed E-state index contributed by atoms with van der Waals surface area (Å²) in [6.07, 6.45) is 4.90. The molecule has 2 aliphatic heterocycles. The summed E-state index contributed by atoms with van der Waals surface area (Å²) < 4.78 is 0. The van der Waals surface area contributed by atoms with E-state index in [1.807, 2.05) is 47.4 Å². The van der Waals surface area contributed by atoms with Gasteiger partial charge in [0.05, 0.1) is 12.0 Å². The molecule has 0 bridgehead atoms. The van der Waals surface area contributed by atoms with Crippen LogP contribution in [0.3, 0.4) is 0 Å². The number of benzene rings is 2. The highest BCUT2D eigenvalue weighted by Gasteiger charge is 2.75. The van der Waals surface area contributed by atoms with E-state index in [1.54, 1.807) is 31.7 Å². The molecule has 4 aromatic rings. The monoisotopic (exact) mass is 436 g/mol. The van der Waals surface area contributed by atoms with E-state index in [0.717, 1.165) is 5.52 Å². The molecule has 1 amide bonds. The van der Waals surface area contributed by atoms with E-state index < -0.39 is 22.7 Å². The summed E-state index contributed by atoms with van der Waals surface area (Å²) in [5.41, 5.74) is -0.857. The van der Waals surface area contributed by atoms with Crippen LogP contribution in [-0.2, 0) is 10.3 Å². The van der Waals surface area contributed by atoms with E-state index in [9.17, 15) is 14.9 Å². The second kappa shape index (κ2) is 6.64. The van der Waals surface area contributed by atoms with Crippen LogP contribution in [0.1, 0.15) is 27.7 Å². The quantitative estimate of drug-likeness (QED) is 0.427. The molecular formula is C25H20N6O2. The number of rotatable bonds is 3. The van der Waals surface area contributed by atoms with Crippen molar-refractivity contribution in [3.05, 3.63) is 84.1 Å². The zero-order valence-electron chi connectivity index (χ0n) is 17.8. The molecule has 3 N–H and O–H groups in total. The number of fused-ring (bicyclic) bond motifs is 3. The number of nitrogens with zero attached hydrogens (tertiary/aromatic N) is 3. The van der Waals surface area contributed by atoms with E-state index in [0.29, 0.717) is 34.6 Å². The van der Waals surface area contributed by atoms with Crippen LogP contribution in [0.15, 0.2) is 67.1 Å². The Hall–Kier alpha value is -4.22. The van der Waals surface area contributed by atoms with Gasteiger partial charge in [0.15, 0.2) is 16.7 Å². The fourth-order valence-electron chi connectivity index (χ4n) is 5.88.